The van der Waals surface area contributed by atoms with E-state index in [0.29, 0.717) is 21.9 Å². The van der Waals surface area contributed by atoms with Gasteiger partial charge in [-0.15, -0.1) is 23.2 Å². The van der Waals surface area contributed by atoms with Crippen LogP contribution < -0.4 is 0 Å². The highest BCUT2D eigenvalue weighted by molar-refractivity contribution is 6.53. The molecule has 0 radical (unpaired) electrons. The number of likely N-dealkylation sites (tertiary alicyclic amines) is 1. The molecule has 2 aliphatic carbocycles. The molecule has 180 valence electrons. The van der Waals surface area contributed by atoms with Crippen LogP contribution in [0.2, 0.25) is 0 Å². The molecule has 4 amide bonds. The Labute approximate surface area is 209 Å². The molecule has 2 aromatic carbocycles. The standard InChI is InChI=1S/C25H20Cl2N2O6/c1-28-22(33)24(26)10-16-14(6-7-15-18(16)21(32)29(35)20(15)31)19(25(24,27)23(28)34)13-8-9-17(30)12-5-3-2-4-11(12)13/h2-6,8-9,15-16,18-19,30,35H,7,10H2,1H3/t15-,16+,18-,19-,24+,25-/m0/s1. The zero-order valence-corrected chi connectivity index (χ0v) is 20.0. The van der Waals surface area contributed by atoms with Gasteiger partial charge in [0.15, 0.2) is 9.75 Å². The van der Waals surface area contributed by atoms with Crippen LogP contribution in [-0.4, -0.2) is 60.7 Å². The number of alkyl halides is 2. The van der Waals surface area contributed by atoms with E-state index in [1.807, 2.05) is 0 Å². The van der Waals surface area contributed by atoms with Crippen molar-refractivity contribution in [1.82, 2.24) is 9.96 Å². The molecule has 4 aliphatic rings. The van der Waals surface area contributed by atoms with Crippen molar-refractivity contribution in [3.05, 3.63) is 53.6 Å². The lowest BCUT2D eigenvalue weighted by molar-refractivity contribution is -0.173. The summed E-state index contributed by atoms with van der Waals surface area (Å²) in [6.07, 6.45) is 1.82. The van der Waals surface area contributed by atoms with Crippen molar-refractivity contribution in [1.29, 1.82) is 0 Å². The predicted molar refractivity (Wildman–Crippen MR) is 125 cm³/mol. The van der Waals surface area contributed by atoms with E-state index in [-0.39, 0.29) is 23.7 Å². The number of aromatic hydroxyl groups is 1. The lowest BCUT2D eigenvalue weighted by Gasteiger charge is -2.51. The average Bonchev–Trinajstić information content (AvgIpc) is 3.15. The second-order valence-corrected chi connectivity index (χ2v) is 10.9. The summed E-state index contributed by atoms with van der Waals surface area (Å²) in [6, 6.07) is 10.2. The number of amides is 4. The summed E-state index contributed by atoms with van der Waals surface area (Å²) in [7, 11) is 1.32. The Morgan fingerprint density at radius 2 is 1.63 bits per heavy atom. The highest BCUT2D eigenvalue weighted by atomic mass is 35.5. The molecule has 2 saturated heterocycles. The molecular formula is C25H20Cl2N2O6. The van der Waals surface area contributed by atoms with Gasteiger partial charge in [-0.3, -0.25) is 29.3 Å². The third kappa shape index (κ3) is 2.52. The minimum Gasteiger partial charge on any atom is -0.507 e. The molecular weight excluding hydrogens is 495 g/mol. The van der Waals surface area contributed by atoms with Crippen LogP contribution in [0, 0.1) is 17.8 Å². The maximum atomic E-state index is 13.6. The number of carbonyl (C=O) groups excluding carboxylic acids is 4. The van der Waals surface area contributed by atoms with Gasteiger partial charge < -0.3 is 5.11 Å². The molecule has 0 unspecified atom stereocenters. The van der Waals surface area contributed by atoms with Gasteiger partial charge in [0, 0.05) is 18.4 Å². The lowest BCUT2D eigenvalue weighted by Crippen LogP contribution is -2.60. The van der Waals surface area contributed by atoms with Crippen molar-refractivity contribution in [2.75, 3.05) is 7.05 Å². The van der Waals surface area contributed by atoms with E-state index in [9.17, 15) is 29.5 Å². The Balaban J connectivity index is 1.65. The Morgan fingerprint density at radius 3 is 2.34 bits per heavy atom. The van der Waals surface area contributed by atoms with Crippen molar-refractivity contribution < 1.29 is 29.5 Å². The zero-order chi connectivity index (χ0) is 25.0. The molecule has 2 N–H and O–H groups in total. The maximum absolute atomic E-state index is 13.6. The van der Waals surface area contributed by atoms with Crippen LogP contribution in [0.5, 0.6) is 5.75 Å². The first kappa shape index (κ1) is 22.5. The zero-order valence-electron chi connectivity index (χ0n) is 18.4. The number of hydroxylamine groups is 2. The molecule has 6 atom stereocenters. The smallest absolute Gasteiger partial charge is 0.257 e. The molecule has 0 bridgehead atoms. The van der Waals surface area contributed by atoms with E-state index < -0.39 is 57.0 Å². The van der Waals surface area contributed by atoms with Crippen molar-refractivity contribution in [2.45, 2.75) is 28.5 Å². The van der Waals surface area contributed by atoms with Crippen molar-refractivity contribution in [3.63, 3.8) is 0 Å². The van der Waals surface area contributed by atoms with Crippen LogP contribution in [-0.2, 0) is 19.2 Å². The van der Waals surface area contributed by atoms with Crippen molar-refractivity contribution in [3.8, 4) is 5.75 Å². The molecule has 0 spiro atoms. The van der Waals surface area contributed by atoms with Gasteiger partial charge >= 0.3 is 0 Å². The van der Waals surface area contributed by atoms with Crippen LogP contribution in [0.4, 0.5) is 0 Å². The first-order valence-corrected chi connectivity index (χ1v) is 12.0. The van der Waals surface area contributed by atoms with Gasteiger partial charge in [-0.2, -0.15) is 5.06 Å². The largest absolute Gasteiger partial charge is 0.507 e. The highest BCUT2D eigenvalue weighted by Gasteiger charge is 2.76. The highest BCUT2D eigenvalue weighted by Crippen LogP contribution is 2.65. The van der Waals surface area contributed by atoms with Crippen LogP contribution in [0.1, 0.15) is 24.3 Å². The number of halogens is 2. The molecule has 2 heterocycles. The number of nitrogens with zero attached hydrogens (tertiary/aromatic N) is 2. The van der Waals surface area contributed by atoms with Gasteiger partial charge in [0.25, 0.3) is 23.6 Å². The molecule has 2 aromatic rings. The maximum Gasteiger partial charge on any atom is 0.257 e. The summed E-state index contributed by atoms with van der Waals surface area (Å²) < 4.78 is 0. The van der Waals surface area contributed by atoms with Gasteiger partial charge in [0.05, 0.1) is 11.8 Å². The van der Waals surface area contributed by atoms with E-state index in [0.717, 1.165) is 4.90 Å². The Bertz CT molecular complexity index is 1410. The van der Waals surface area contributed by atoms with Gasteiger partial charge in [0.1, 0.15) is 5.75 Å². The SMILES string of the molecule is CN1C(=O)[C@]2(Cl)C[C@@H]3C(=CC[C@@H]4C(=O)N(O)C(=O)[C@@H]43)[C@H](c3ccc(O)c4ccccc34)[C@]2(Cl)C1=O. The number of phenols is 1. The number of hydrogen-bond acceptors (Lipinski definition) is 6. The number of allylic oxidation sites excluding steroid dienone is 2. The molecule has 0 aromatic heterocycles. The normalized spacial score (nSPS) is 36.4. The minimum absolute atomic E-state index is 0.0357. The summed E-state index contributed by atoms with van der Waals surface area (Å²) in [5, 5.41) is 21.8. The third-order valence-electron chi connectivity index (χ3n) is 8.24. The molecule has 35 heavy (non-hydrogen) atoms. The second-order valence-electron chi connectivity index (χ2n) is 9.71. The fourth-order valence-corrected chi connectivity index (χ4v) is 7.64. The summed E-state index contributed by atoms with van der Waals surface area (Å²) in [4.78, 5) is 49.6. The summed E-state index contributed by atoms with van der Waals surface area (Å²) in [5.74, 6) is -6.08. The molecule has 1 saturated carbocycles. The number of benzene rings is 2. The van der Waals surface area contributed by atoms with Gasteiger partial charge in [0.2, 0.25) is 0 Å². The summed E-state index contributed by atoms with van der Waals surface area (Å²) in [6.45, 7) is 0. The number of phenolic OH excluding ortho intramolecular Hbond substituents is 1. The Morgan fingerprint density at radius 1 is 0.943 bits per heavy atom. The lowest BCUT2D eigenvalue weighted by atomic mass is 9.56. The van der Waals surface area contributed by atoms with Crippen LogP contribution in [0.3, 0.4) is 0 Å². The second kappa shape index (κ2) is 7.06. The quantitative estimate of drug-likeness (QED) is 0.261. The molecule has 8 nitrogen and oxygen atoms in total. The van der Waals surface area contributed by atoms with E-state index >= 15 is 0 Å². The molecule has 2 aliphatic heterocycles. The monoisotopic (exact) mass is 514 g/mol. The number of imide groups is 2. The summed E-state index contributed by atoms with van der Waals surface area (Å²) >= 11 is 14.2. The van der Waals surface area contributed by atoms with Crippen molar-refractivity contribution >= 4 is 57.6 Å². The van der Waals surface area contributed by atoms with Crippen LogP contribution in [0.25, 0.3) is 10.8 Å². The van der Waals surface area contributed by atoms with E-state index in [4.69, 9.17) is 23.2 Å². The average molecular weight is 515 g/mol. The number of carbonyl (C=O) groups is 4. The van der Waals surface area contributed by atoms with E-state index in [1.54, 1.807) is 36.4 Å². The van der Waals surface area contributed by atoms with E-state index in [1.165, 1.54) is 13.1 Å². The fraction of sp³-hybridized carbons (Fsp3) is 0.360. The molecule has 3 fully saturated rings. The fourth-order valence-electron chi connectivity index (χ4n) is 6.63. The Hall–Kier alpha value is -2.94. The minimum atomic E-state index is -1.90. The molecule has 10 heteroatoms. The Kier molecular flexibility index (Phi) is 4.54. The number of rotatable bonds is 1. The first-order chi connectivity index (χ1) is 16.5. The molecule has 6 rings (SSSR count). The van der Waals surface area contributed by atoms with E-state index in [2.05, 4.69) is 0 Å². The topological polar surface area (TPSA) is 115 Å². The van der Waals surface area contributed by atoms with Crippen LogP contribution >= 0.6 is 23.2 Å². The summed E-state index contributed by atoms with van der Waals surface area (Å²) in [5.41, 5.74) is 1.20. The van der Waals surface area contributed by atoms with Crippen molar-refractivity contribution in [2.24, 2.45) is 17.8 Å². The number of fused-ring (bicyclic) bond motifs is 5. The number of hydrogen-bond donors (Lipinski definition) is 2. The first-order valence-electron chi connectivity index (χ1n) is 11.2. The predicted octanol–water partition coefficient (Wildman–Crippen LogP) is 2.92. The van der Waals surface area contributed by atoms with Gasteiger partial charge in [-0.25, -0.2) is 0 Å². The van der Waals surface area contributed by atoms with Gasteiger partial charge in [-0.1, -0.05) is 42.0 Å². The third-order valence-corrected chi connectivity index (χ3v) is 9.65. The van der Waals surface area contributed by atoms with Gasteiger partial charge in [-0.05, 0) is 35.8 Å². The van der Waals surface area contributed by atoms with Crippen LogP contribution in [0.15, 0.2) is 48.0 Å².